The molecule has 0 aliphatic carbocycles. The fourth-order valence-electron chi connectivity index (χ4n) is 2.26. The van der Waals surface area contributed by atoms with Crippen molar-refractivity contribution in [2.45, 2.75) is 6.92 Å². The van der Waals surface area contributed by atoms with Crippen LogP contribution < -0.4 is 5.11 Å². The molecule has 2 aromatic rings. The maximum Gasteiger partial charge on any atom is 0.266 e. The summed E-state index contributed by atoms with van der Waals surface area (Å²) in [5, 5.41) is 10.8. The molecule has 1 aliphatic rings. The van der Waals surface area contributed by atoms with Crippen LogP contribution in [0.1, 0.15) is 23.0 Å². The summed E-state index contributed by atoms with van der Waals surface area (Å²) >= 11 is 6.42. The molecule has 2 heterocycles. The smallest absolute Gasteiger partial charge is 0.266 e. The third-order valence-electron chi connectivity index (χ3n) is 3.50. The molecule has 3 rings (SSSR count). The highest BCUT2D eigenvalue weighted by atomic mass is 32.2. The molecule has 0 N–H and O–H groups in total. The summed E-state index contributed by atoms with van der Waals surface area (Å²) in [6.45, 7) is 2.41. The minimum atomic E-state index is -1.22. The molecule has 1 saturated heterocycles. The number of thiocarbonyl (C=S) groups is 1. The van der Waals surface area contributed by atoms with Crippen LogP contribution in [0.4, 0.5) is 0 Å². The van der Waals surface area contributed by atoms with Crippen molar-refractivity contribution >= 4 is 46.3 Å². The highest BCUT2D eigenvalue weighted by Crippen LogP contribution is 2.33. The van der Waals surface area contributed by atoms with Crippen LogP contribution in [0.5, 0.6) is 0 Å². The number of carbonyl (C=O) groups is 2. The Labute approximate surface area is 148 Å². The predicted octanol–water partition coefficient (Wildman–Crippen LogP) is 2.53. The molecule has 1 aromatic carbocycles. The van der Waals surface area contributed by atoms with Gasteiger partial charge in [-0.3, -0.25) is 9.69 Å². The Hall–Kier alpha value is -2.38. The summed E-state index contributed by atoms with van der Waals surface area (Å²) < 4.78 is 6.26. The lowest BCUT2D eigenvalue weighted by Crippen LogP contribution is -2.27. The van der Waals surface area contributed by atoms with Crippen LogP contribution in [0, 0.1) is 0 Å². The van der Waals surface area contributed by atoms with E-state index in [0.29, 0.717) is 27.3 Å². The molecule has 1 fully saturated rings. The van der Waals surface area contributed by atoms with Crippen molar-refractivity contribution in [1.82, 2.24) is 4.90 Å². The van der Waals surface area contributed by atoms with Gasteiger partial charge in [-0.1, -0.05) is 48.2 Å². The van der Waals surface area contributed by atoms with Crippen molar-refractivity contribution < 1.29 is 19.1 Å². The van der Waals surface area contributed by atoms with Crippen molar-refractivity contribution in [3.63, 3.8) is 0 Å². The van der Waals surface area contributed by atoms with Gasteiger partial charge in [-0.2, -0.15) is 0 Å². The first-order chi connectivity index (χ1) is 11.5. The monoisotopic (exact) mass is 358 g/mol. The molecule has 0 spiro atoms. The average Bonchev–Trinajstić information content (AvgIpc) is 3.13. The van der Waals surface area contributed by atoms with Crippen LogP contribution in [-0.2, 0) is 4.79 Å². The molecule has 24 heavy (non-hydrogen) atoms. The van der Waals surface area contributed by atoms with Gasteiger partial charge in [0.25, 0.3) is 5.91 Å². The van der Waals surface area contributed by atoms with Gasteiger partial charge < -0.3 is 14.3 Å². The molecule has 0 atom stereocenters. The van der Waals surface area contributed by atoms with Crippen molar-refractivity contribution in [2.24, 2.45) is 0 Å². The summed E-state index contributed by atoms with van der Waals surface area (Å²) in [6.07, 6.45) is 1.66. The molecule has 122 valence electrons. The largest absolute Gasteiger partial charge is 0.545 e. The minimum Gasteiger partial charge on any atom is -0.545 e. The fraction of sp³-hybridized carbons (Fsp3) is 0.118. The first kappa shape index (κ1) is 16.5. The molecule has 7 heteroatoms. The molecule has 0 saturated carbocycles. The first-order valence-corrected chi connectivity index (χ1v) is 8.39. The van der Waals surface area contributed by atoms with E-state index in [0.717, 1.165) is 5.56 Å². The van der Waals surface area contributed by atoms with Gasteiger partial charge in [0, 0.05) is 18.2 Å². The van der Waals surface area contributed by atoms with E-state index >= 15 is 0 Å². The van der Waals surface area contributed by atoms with Crippen molar-refractivity contribution in [1.29, 1.82) is 0 Å². The van der Waals surface area contributed by atoms with Crippen molar-refractivity contribution in [3.8, 4) is 11.3 Å². The third-order valence-corrected chi connectivity index (χ3v) is 4.87. The van der Waals surface area contributed by atoms with Crippen LogP contribution in [-0.4, -0.2) is 27.6 Å². The van der Waals surface area contributed by atoms with E-state index in [1.165, 1.54) is 28.8 Å². The summed E-state index contributed by atoms with van der Waals surface area (Å²) in [4.78, 5) is 25.0. The lowest BCUT2D eigenvalue weighted by molar-refractivity contribution is -0.255. The second-order valence-electron chi connectivity index (χ2n) is 4.99. The second-order valence-corrected chi connectivity index (χ2v) is 6.67. The molecule has 1 amide bonds. The Morgan fingerprint density at radius 3 is 2.58 bits per heavy atom. The highest BCUT2D eigenvalue weighted by Gasteiger charge is 2.30. The van der Waals surface area contributed by atoms with E-state index in [4.69, 9.17) is 16.6 Å². The zero-order chi connectivity index (χ0) is 17.3. The van der Waals surface area contributed by atoms with E-state index in [-0.39, 0.29) is 11.5 Å². The number of likely N-dealkylation sites (N-methyl/N-ethyl adjacent to an activating group) is 1. The molecule has 1 aliphatic heterocycles. The Bertz CT molecular complexity index is 852. The van der Waals surface area contributed by atoms with E-state index in [2.05, 4.69) is 0 Å². The minimum absolute atomic E-state index is 0.105. The van der Waals surface area contributed by atoms with Gasteiger partial charge in [0.05, 0.1) is 10.9 Å². The quantitative estimate of drug-likeness (QED) is 0.618. The number of aromatic carboxylic acids is 1. The lowest BCUT2D eigenvalue weighted by atomic mass is 10.1. The van der Waals surface area contributed by atoms with Crippen LogP contribution in [0.15, 0.2) is 45.7 Å². The standard InChI is InChI=1S/C17H13NO4S2/c1-2-18-15(19)14(24-17(18)23)9-12-7-8-13(22-12)10-3-5-11(6-4-10)16(20)21/h3-9H,2H2,1H3,(H,20,21)/p-1/b14-9+. The Morgan fingerprint density at radius 2 is 2.00 bits per heavy atom. The van der Waals surface area contributed by atoms with Crippen LogP contribution in [0.25, 0.3) is 17.4 Å². The third kappa shape index (κ3) is 3.13. The number of hydrogen-bond acceptors (Lipinski definition) is 6. The van der Waals surface area contributed by atoms with E-state index in [1.54, 1.807) is 30.3 Å². The van der Waals surface area contributed by atoms with Crippen LogP contribution in [0.2, 0.25) is 0 Å². The molecular formula is C17H12NO4S2-. The molecular weight excluding hydrogens is 346 g/mol. The van der Waals surface area contributed by atoms with Crippen molar-refractivity contribution in [3.05, 3.63) is 52.6 Å². The van der Waals surface area contributed by atoms with E-state index < -0.39 is 5.97 Å². The summed E-state index contributed by atoms with van der Waals surface area (Å²) in [6, 6.07) is 9.72. The number of rotatable bonds is 4. The van der Waals surface area contributed by atoms with Gasteiger partial charge in [0.15, 0.2) is 0 Å². The fourth-order valence-corrected chi connectivity index (χ4v) is 3.62. The Balaban J connectivity index is 1.83. The van der Waals surface area contributed by atoms with E-state index in [9.17, 15) is 14.7 Å². The average molecular weight is 358 g/mol. The number of carbonyl (C=O) groups excluding carboxylic acids is 2. The number of carboxylic acids is 1. The maximum absolute atomic E-state index is 12.2. The first-order valence-electron chi connectivity index (χ1n) is 7.16. The topological polar surface area (TPSA) is 73.6 Å². The van der Waals surface area contributed by atoms with Crippen molar-refractivity contribution in [2.75, 3.05) is 6.54 Å². The number of nitrogens with zero attached hydrogens (tertiary/aromatic N) is 1. The predicted molar refractivity (Wildman–Crippen MR) is 94.0 cm³/mol. The summed E-state index contributed by atoms with van der Waals surface area (Å²) in [7, 11) is 0. The van der Waals surface area contributed by atoms with Gasteiger partial charge in [-0.15, -0.1) is 0 Å². The maximum atomic E-state index is 12.2. The van der Waals surface area contributed by atoms with Crippen LogP contribution >= 0.6 is 24.0 Å². The number of thioether (sulfide) groups is 1. The molecule has 0 unspecified atom stereocenters. The Morgan fingerprint density at radius 1 is 1.29 bits per heavy atom. The van der Waals surface area contributed by atoms with E-state index in [1.807, 2.05) is 6.92 Å². The van der Waals surface area contributed by atoms with Gasteiger partial charge in [0.2, 0.25) is 0 Å². The number of benzene rings is 1. The number of furan rings is 1. The molecule has 1 aromatic heterocycles. The second kappa shape index (κ2) is 6.62. The summed E-state index contributed by atoms with van der Waals surface area (Å²) in [5.74, 6) is -0.230. The molecule has 0 radical (unpaired) electrons. The molecule has 5 nitrogen and oxygen atoms in total. The Kier molecular flexibility index (Phi) is 4.55. The SMILES string of the molecule is CCN1C(=O)/C(=C\c2ccc(-c3ccc(C(=O)[O-])cc3)o2)SC1=S. The zero-order valence-electron chi connectivity index (χ0n) is 12.6. The lowest BCUT2D eigenvalue weighted by Gasteiger charge is -2.09. The van der Waals surface area contributed by atoms with Gasteiger partial charge in [-0.05, 0) is 24.6 Å². The normalized spacial score (nSPS) is 16.2. The number of hydrogen-bond donors (Lipinski definition) is 0. The number of amides is 1. The van der Waals surface area contributed by atoms with Gasteiger partial charge in [-0.25, -0.2) is 0 Å². The van der Waals surface area contributed by atoms with Crippen LogP contribution in [0.3, 0.4) is 0 Å². The zero-order valence-corrected chi connectivity index (χ0v) is 14.3. The summed E-state index contributed by atoms with van der Waals surface area (Å²) in [5.41, 5.74) is 0.842. The molecule has 0 bridgehead atoms. The van der Waals surface area contributed by atoms with Gasteiger partial charge >= 0.3 is 0 Å². The highest BCUT2D eigenvalue weighted by molar-refractivity contribution is 8.26. The number of carboxylic acid groups (broad SMARTS) is 1. The van der Waals surface area contributed by atoms with Gasteiger partial charge in [0.1, 0.15) is 15.8 Å².